The van der Waals surface area contributed by atoms with Gasteiger partial charge >= 0.3 is 24.5 Å². The third-order valence-corrected chi connectivity index (χ3v) is 7.30. The number of nitrogens with one attached hydrogen (secondary N) is 1. The standard InChI is InChI=1S/C11H6F3N3O4.C10H15F3N4O3S.C5H14N2O2S/c12-11(13,14)7-5-15-16(6-7)10(18)21-9-3-1-8(2-4-9)17(19)20;1-15(7-21(19)20)3-4-16(2)9(18)17-6-8(5-14-17)10(11,12)13;1-6-3-4-7(2)5-10(8)9/h1-6H;5-6H,3-4,7H2,1-2H3,(H,19,20);6H,3-5H2,1-2H3,(H,8,9)/p-2. The number of halogens is 6. The zero-order valence-corrected chi connectivity index (χ0v) is 29.3. The third-order valence-electron chi connectivity index (χ3n) is 5.99. The summed E-state index contributed by atoms with van der Waals surface area (Å²) in [6.45, 7) is 1.97. The molecule has 0 saturated heterocycles. The highest BCUT2D eigenvalue weighted by Crippen LogP contribution is 2.29. The highest BCUT2D eigenvalue weighted by molar-refractivity contribution is 7.79. The number of alkyl halides is 6. The predicted octanol–water partition coefficient (Wildman–Crippen LogP) is 2.40. The first-order chi connectivity index (χ1) is 24.0. The number of nitrogens with zero attached hydrogens (tertiary/aromatic N) is 8. The summed E-state index contributed by atoms with van der Waals surface area (Å²) in [6, 6.07) is 3.73. The lowest BCUT2D eigenvalue weighted by Gasteiger charge is -2.22. The van der Waals surface area contributed by atoms with E-state index < -0.39 is 62.7 Å². The van der Waals surface area contributed by atoms with Crippen LogP contribution in [0.15, 0.2) is 49.1 Å². The summed E-state index contributed by atoms with van der Waals surface area (Å²) in [6.07, 6.45) is -8.21. The second kappa shape index (κ2) is 21.2. The number of ether oxygens (including phenoxy) is 1. The minimum Gasteiger partial charge on any atom is -0.771 e. The Morgan fingerprint density at radius 1 is 0.846 bits per heavy atom. The molecule has 0 bridgehead atoms. The van der Waals surface area contributed by atoms with Crippen LogP contribution in [0.3, 0.4) is 0 Å². The van der Waals surface area contributed by atoms with Gasteiger partial charge < -0.3 is 24.1 Å². The molecule has 0 aliphatic carbocycles. The lowest BCUT2D eigenvalue weighted by molar-refractivity contribution is -0.384. The summed E-state index contributed by atoms with van der Waals surface area (Å²) in [5, 5.41) is 20.0. The molecule has 292 valence electrons. The third kappa shape index (κ3) is 17.2. The van der Waals surface area contributed by atoms with Gasteiger partial charge in [0.1, 0.15) is 5.75 Å². The minimum atomic E-state index is -4.62. The SMILES string of the molecule is CN(CCN(C)C(=O)n1cc(C(F)(F)F)cn1)CS(=O)[O-].CNCCN(C)CS(=O)[O-].O=C(Oc1ccc([N+](=O)[O-])cc1)n1cc(C(F)(F)F)cn1. The van der Waals surface area contributed by atoms with Crippen LogP contribution >= 0.6 is 0 Å². The smallest absolute Gasteiger partial charge is 0.440 e. The van der Waals surface area contributed by atoms with Crippen LogP contribution in [0, 0.1) is 10.1 Å². The number of carbonyl (C=O) groups excluding carboxylic acids is 2. The van der Waals surface area contributed by atoms with E-state index in [0.717, 1.165) is 42.3 Å². The molecule has 1 N–H and O–H groups in total. The van der Waals surface area contributed by atoms with Crippen molar-refractivity contribution >= 4 is 40.0 Å². The van der Waals surface area contributed by atoms with E-state index in [1.165, 1.54) is 11.9 Å². The van der Waals surface area contributed by atoms with E-state index in [4.69, 9.17) is 4.74 Å². The Bertz CT molecular complexity index is 1640. The van der Waals surface area contributed by atoms with Crippen molar-refractivity contribution in [1.82, 2.24) is 39.6 Å². The molecule has 26 heteroatoms. The molecule has 52 heavy (non-hydrogen) atoms. The van der Waals surface area contributed by atoms with Crippen molar-refractivity contribution in [2.75, 3.05) is 66.1 Å². The molecular formula is C26H33F6N9O9S2-2. The Hall–Kier alpha value is -4.34. The molecule has 0 aliphatic rings. The van der Waals surface area contributed by atoms with Crippen molar-refractivity contribution in [3.63, 3.8) is 0 Å². The molecular weight excluding hydrogens is 760 g/mol. The second-order valence-corrected chi connectivity index (χ2v) is 12.0. The number of carbonyl (C=O) groups is 2. The Labute approximate surface area is 297 Å². The lowest BCUT2D eigenvalue weighted by atomic mass is 10.3. The fraction of sp³-hybridized carbons (Fsp3) is 0.462. The predicted molar refractivity (Wildman–Crippen MR) is 169 cm³/mol. The molecule has 0 spiro atoms. The molecule has 0 radical (unpaired) electrons. The molecule has 2 aromatic heterocycles. The molecule has 2 atom stereocenters. The van der Waals surface area contributed by atoms with Crippen LogP contribution in [0.2, 0.25) is 0 Å². The Balaban J connectivity index is 0.000000416. The summed E-state index contributed by atoms with van der Waals surface area (Å²) < 4.78 is 121. The molecule has 2 unspecified atom stereocenters. The maximum Gasteiger partial charge on any atom is 0.440 e. The number of non-ortho nitro benzene ring substituents is 1. The van der Waals surface area contributed by atoms with Gasteiger partial charge in [-0.05, 0) is 55.4 Å². The van der Waals surface area contributed by atoms with Crippen LogP contribution in [0.4, 0.5) is 41.6 Å². The van der Waals surface area contributed by atoms with E-state index in [1.807, 2.05) is 7.05 Å². The molecule has 0 fully saturated rings. The van der Waals surface area contributed by atoms with Gasteiger partial charge in [0.2, 0.25) is 0 Å². The van der Waals surface area contributed by atoms with Crippen molar-refractivity contribution < 1.29 is 63.1 Å². The van der Waals surface area contributed by atoms with E-state index in [0.29, 0.717) is 34.2 Å². The average Bonchev–Trinajstić information content (AvgIpc) is 3.74. The number of likely N-dealkylation sites (N-methyl/N-ethyl adjacent to an activating group) is 4. The van der Waals surface area contributed by atoms with Crippen molar-refractivity contribution in [1.29, 1.82) is 0 Å². The summed E-state index contributed by atoms with van der Waals surface area (Å²) in [5.41, 5.74) is -2.32. The zero-order chi connectivity index (χ0) is 39.8. The number of nitro groups is 1. The van der Waals surface area contributed by atoms with E-state index in [2.05, 4.69) is 15.5 Å². The first kappa shape index (κ1) is 45.7. The van der Waals surface area contributed by atoms with Gasteiger partial charge in [-0.15, -0.1) is 0 Å². The fourth-order valence-corrected chi connectivity index (χ4v) is 4.29. The van der Waals surface area contributed by atoms with E-state index >= 15 is 0 Å². The van der Waals surface area contributed by atoms with Crippen LogP contribution in [-0.2, 0) is 34.5 Å². The minimum absolute atomic E-state index is 0.0605. The molecule has 18 nitrogen and oxygen atoms in total. The lowest BCUT2D eigenvalue weighted by Crippen LogP contribution is -2.38. The van der Waals surface area contributed by atoms with Crippen LogP contribution in [0.1, 0.15) is 11.1 Å². The largest absolute Gasteiger partial charge is 0.771 e. The molecule has 1 amide bonds. The highest BCUT2D eigenvalue weighted by Gasteiger charge is 2.34. The monoisotopic (exact) mass is 793 g/mol. The van der Waals surface area contributed by atoms with Crippen LogP contribution in [0.5, 0.6) is 5.75 Å². The van der Waals surface area contributed by atoms with Gasteiger partial charge in [0.25, 0.3) is 5.69 Å². The van der Waals surface area contributed by atoms with Crippen molar-refractivity contribution in [2.24, 2.45) is 0 Å². The summed E-state index contributed by atoms with van der Waals surface area (Å²) in [7, 11) is 6.54. The molecule has 0 saturated carbocycles. The van der Waals surface area contributed by atoms with Crippen LogP contribution in [0.25, 0.3) is 0 Å². The van der Waals surface area contributed by atoms with Crippen molar-refractivity contribution in [3.8, 4) is 5.75 Å². The average molecular weight is 794 g/mol. The van der Waals surface area contributed by atoms with Crippen LogP contribution < -0.4 is 10.1 Å². The Morgan fingerprint density at radius 3 is 1.73 bits per heavy atom. The summed E-state index contributed by atoms with van der Waals surface area (Å²) >= 11 is -4.18. The topological polar surface area (TPSA) is 224 Å². The number of hydrogen-bond acceptors (Lipinski definition) is 14. The summed E-state index contributed by atoms with van der Waals surface area (Å²) in [5.74, 6) is -0.140. The first-order valence-corrected chi connectivity index (χ1v) is 16.6. The van der Waals surface area contributed by atoms with Crippen molar-refractivity contribution in [3.05, 3.63) is 70.3 Å². The molecule has 2 heterocycles. The number of benzene rings is 1. The number of rotatable bonds is 12. The Morgan fingerprint density at radius 2 is 1.31 bits per heavy atom. The molecule has 0 aliphatic heterocycles. The molecule has 3 rings (SSSR count). The maximum absolute atomic E-state index is 12.4. The van der Waals surface area contributed by atoms with Crippen molar-refractivity contribution in [2.45, 2.75) is 12.4 Å². The second-order valence-electron chi connectivity index (χ2n) is 10.3. The maximum atomic E-state index is 12.4. The summed E-state index contributed by atoms with van der Waals surface area (Å²) in [4.78, 5) is 37.5. The molecule has 1 aromatic carbocycles. The van der Waals surface area contributed by atoms with E-state index in [1.54, 1.807) is 19.0 Å². The van der Waals surface area contributed by atoms with Gasteiger partial charge in [0, 0.05) is 57.8 Å². The zero-order valence-electron chi connectivity index (χ0n) is 27.7. The quantitative estimate of drug-likeness (QED) is 0.120. The number of amides is 1. The first-order valence-electron chi connectivity index (χ1n) is 14.1. The van der Waals surface area contributed by atoms with Gasteiger partial charge in [-0.25, -0.2) is 9.59 Å². The van der Waals surface area contributed by atoms with Gasteiger partial charge in [-0.1, -0.05) is 0 Å². The molecule has 3 aromatic rings. The Kier molecular flexibility index (Phi) is 18.7. The van der Waals surface area contributed by atoms with Gasteiger partial charge in [-0.2, -0.15) is 45.9 Å². The number of aromatic nitrogens is 4. The van der Waals surface area contributed by atoms with Gasteiger partial charge in [-0.3, -0.25) is 28.3 Å². The van der Waals surface area contributed by atoms with Crippen LogP contribution in [-0.4, -0.2) is 135 Å². The highest BCUT2D eigenvalue weighted by atomic mass is 32.2. The van der Waals surface area contributed by atoms with E-state index in [-0.39, 0.29) is 36.3 Å². The number of nitro benzene ring substituents is 1. The fourth-order valence-electron chi connectivity index (χ4n) is 3.31. The van der Waals surface area contributed by atoms with E-state index in [9.17, 15) is 63.6 Å². The number of hydrogen-bond donors (Lipinski definition) is 1. The van der Waals surface area contributed by atoms with Gasteiger partial charge in [0.05, 0.1) is 40.2 Å². The van der Waals surface area contributed by atoms with Gasteiger partial charge in [0.15, 0.2) is 0 Å². The normalized spacial score (nSPS) is 12.7.